The Kier molecular flexibility index (Phi) is 6.38. The molecule has 0 aliphatic heterocycles. The van der Waals surface area contributed by atoms with Crippen LogP contribution in [0.15, 0.2) is 24.3 Å². The van der Waals surface area contributed by atoms with E-state index < -0.39 is 11.9 Å². The predicted molar refractivity (Wildman–Crippen MR) is 97.9 cm³/mol. The maximum Gasteiger partial charge on any atom is 0.310 e. The molecule has 0 radical (unpaired) electrons. The minimum Gasteiger partial charge on any atom is -0.508 e. The first kappa shape index (κ1) is 19.5. The minimum absolute atomic E-state index is 0.0856. The molecule has 0 atom stereocenters. The number of esters is 1. The second-order valence-corrected chi connectivity index (χ2v) is 6.66. The van der Waals surface area contributed by atoms with Gasteiger partial charge in [0.1, 0.15) is 5.75 Å². The van der Waals surface area contributed by atoms with Gasteiger partial charge < -0.3 is 15.2 Å². The molecule has 0 spiro atoms. The van der Waals surface area contributed by atoms with Crippen molar-refractivity contribution in [2.45, 2.75) is 40.7 Å². The summed E-state index contributed by atoms with van der Waals surface area (Å²) in [6.45, 7) is 8.44. The quantitative estimate of drug-likeness (QED) is 0.585. The third kappa shape index (κ3) is 5.34. The number of nitrogens with zero attached hydrogens (tertiary/aromatic N) is 2. The number of ether oxygens (including phenoxy) is 1. The molecule has 1 aromatic heterocycles. The number of aryl methyl sites for hydroxylation is 1. The van der Waals surface area contributed by atoms with Crippen molar-refractivity contribution >= 4 is 17.6 Å². The van der Waals surface area contributed by atoms with Crippen molar-refractivity contribution < 1.29 is 19.4 Å². The molecule has 1 heterocycles. The molecular formula is C19H25N3O4. The fourth-order valence-electron chi connectivity index (χ4n) is 2.60. The summed E-state index contributed by atoms with van der Waals surface area (Å²) in [6.07, 6.45) is 0.0856. The van der Waals surface area contributed by atoms with Crippen LogP contribution in [0.2, 0.25) is 0 Å². The number of phenols is 1. The third-order valence-corrected chi connectivity index (χ3v) is 3.91. The monoisotopic (exact) mass is 359 g/mol. The Morgan fingerprint density at radius 2 is 1.88 bits per heavy atom. The zero-order valence-electron chi connectivity index (χ0n) is 15.6. The van der Waals surface area contributed by atoms with Crippen LogP contribution in [0.25, 0.3) is 0 Å². The number of carbonyl (C=O) groups excluding carboxylic acids is 2. The van der Waals surface area contributed by atoms with Gasteiger partial charge in [0.2, 0.25) is 0 Å². The van der Waals surface area contributed by atoms with Crippen molar-refractivity contribution in [2.75, 3.05) is 11.9 Å². The van der Waals surface area contributed by atoms with E-state index in [4.69, 9.17) is 4.74 Å². The van der Waals surface area contributed by atoms with Gasteiger partial charge in [-0.3, -0.25) is 14.3 Å². The summed E-state index contributed by atoms with van der Waals surface area (Å²) >= 11 is 0. The first-order valence-electron chi connectivity index (χ1n) is 8.53. The van der Waals surface area contributed by atoms with Crippen LogP contribution < -0.4 is 5.32 Å². The van der Waals surface area contributed by atoms with Crippen molar-refractivity contribution in [3.05, 3.63) is 41.2 Å². The molecule has 26 heavy (non-hydrogen) atoms. The van der Waals surface area contributed by atoms with Crippen LogP contribution in [0.4, 0.5) is 5.69 Å². The summed E-state index contributed by atoms with van der Waals surface area (Å²) in [6, 6.07) is 6.04. The van der Waals surface area contributed by atoms with Crippen molar-refractivity contribution in [2.24, 2.45) is 5.92 Å². The molecule has 0 aliphatic carbocycles. The van der Waals surface area contributed by atoms with Crippen LogP contribution in [-0.4, -0.2) is 33.4 Å². The number of benzene rings is 1. The summed E-state index contributed by atoms with van der Waals surface area (Å²) in [7, 11) is 0. The van der Waals surface area contributed by atoms with Gasteiger partial charge in [-0.1, -0.05) is 13.8 Å². The number of hydrogen-bond acceptors (Lipinski definition) is 5. The topological polar surface area (TPSA) is 93.5 Å². The number of anilines is 1. The number of aromatic nitrogens is 2. The average molecular weight is 359 g/mol. The highest BCUT2D eigenvalue weighted by molar-refractivity contribution is 5.92. The van der Waals surface area contributed by atoms with E-state index in [-0.39, 0.29) is 18.8 Å². The van der Waals surface area contributed by atoms with Gasteiger partial charge in [0.15, 0.2) is 6.61 Å². The highest BCUT2D eigenvalue weighted by atomic mass is 16.5. The van der Waals surface area contributed by atoms with Crippen molar-refractivity contribution in [3.8, 4) is 5.75 Å². The van der Waals surface area contributed by atoms with Crippen LogP contribution in [-0.2, 0) is 27.3 Å². The number of aromatic hydroxyl groups is 1. The van der Waals surface area contributed by atoms with E-state index in [1.54, 1.807) is 12.1 Å². The number of amides is 1. The number of nitrogens with one attached hydrogen (secondary N) is 1. The maximum atomic E-state index is 12.1. The van der Waals surface area contributed by atoms with Crippen LogP contribution >= 0.6 is 0 Å². The van der Waals surface area contributed by atoms with Crippen LogP contribution in [0.3, 0.4) is 0 Å². The lowest BCUT2D eigenvalue weighted by atomic mass is 10.1. The average Bonchev–Trinajstić information content (AvgIpc) is 2.82. The van der Waals surface area contributed by atoms with E-state index >= 15 is 0 Å². The molecule has 2 rings (SSSR count). The molecule has 0 saturated carbocycles. The summed E-state index contributed by atoms with van der Waals surface area (Å²) < 4.78 is 6.97. The van der Waals surface area contributed by atoms with E-state index in [1.165, 1.54) is 12.1 Å². The Balaban J connectivity index is 1.87. The highest BCUT2D eigenvalue weighted by Crippen LogP contribution is 2.16. The predicted octanol–water partition coefficient (Wildman–Crippen LogP) is 2.59. The zero-order chi connectivity index (χ0) is 19.3. The molecule has 2 N–H and O–H groups in total. The van der Waals surface area contributed by atoms with Crippen LogP contribution in [0.5, 0.6) is 5.75 Å². The molecule has 0 bridgehead atoms. The Morgan fingerprint density at radius 1 is 1.23 bits per heavy atom. The Hall–Kier alpha value is -2.83. The second kappa shape index (κ2) is 8.51. The molecule has 7 heteroatoms. The van der Waals surface area contributed by atoms with E-state index in [0.717, 1.165) is 23.5 Å². The maximum absolute atomic E-state index is 12.1. The van der Waals surface area contributed by atoms with Gasteiger partial charge in [-0.15, -0.1) is 0 Å². The SMILES string of the molecule is Cc1nn(CC(C)C)c(C)c1CC(=O)OCC(=O)Nc1ccc(O)cc1. The number of hydrogen-bond donors (Lipinski definition) is 2. The van der Waals surface area contributed by atoms with Gasteiger partial charge in [0, 0.05) is 23.5 Å². The summed E-state index contributed by atoms with van der Waals surface area (Å²) in [5.41, 5.74) is 3.11. The smallest absolute Gasteiger partial charge is 0.310 e. The van der Waals surface area contributed by atoms with Crippen molar-refractivity contribution in [1.29, 1.82) is 0 Å². The largest absolute Gasteiger partial charge is 0.508 e. The van der Waals surface area contributed by atoms with Gasteiger partial charge in [0.25, 0.3) is 5.91 Å². The fraction of sp³-hybridized carbons (Fsp3) is 0.421. The van der Waals surface area contributed by atoms with Gasteiger partial charge >= 0.3 is 5.97 Å². The van der Waals surface area contributed by atoms with Crippen molar-refractivity contribution in [3.63, 3.8) is 0 Å². The first-order chi connectivity index (χ1) is 12.3. The summed E-state index contributed by atoms with van der Waals surface area (Å²) in [5, 5.41) is 16.3. The molecule has 140 valence electrons. The molecule has 0 fully saturated rings. The number of carbonyl (C=O) groups is 2. The van der Waals surface area contributed by atoms with E-state index in [2.05, 4.69) is 24.3 Å². The normalized spacial score (nSPS) is 10.8. The van der Waals surface area contributed by atoms with E-state index in [1.807, 2.05) is 18.5 Å². The molecule has 0 unspecified atom stereocenters. The Bertz CT molecular complexity index is 779. The highest BCUT2D eigenvalue weighted by Gasteiger charge is 2.17. The van der Waals surface area contributed by atoms with Gasteiger partial charge in [-0.2, -0.15) is 5.10 Å². The number of rotatable bonds is 7. The molecular weight excluding hydrogens is 334 g/mol. The van der Waals surface area contributed by atoms with E-state index in [0.29, 0.717) is 11.6 Å². The van der Waals surface area contributed by atoms with Crippen LogP contribution in [0.1, 0.15) is 30.8 Å². The summed E-state index contributed by atoms with van der Waals surface area (Å²) in [4.78, 5) is 23.9. The lowest BCUT2D eigenvalue weighted by Crippen LogP contribution is -2.21. The fourth-order valence-corrected chi connectivity index (χ4v) is 2.60. The molecule has 0 aliphatic rings. The Morgan fingerprint density at radius 3 is 2.50 bits per heavy atom. The lowest BCUT2D eigenvalue weighted by Gasteiger charge is -2.08. The third-order valence-electron chi connectivity index (χ3n) is 3.91. The first-order valence-corrected chi connectivity index (χ1v) is 8.53. The van der Waals surface area contributed by atoms with Gasteiger partial charge in [-0.05, 0) is 44.0 Å². The minimum atomic E-state index is -0.471. The Labute approximate surface area is 153 Å². The molecule has 2 aromatic rings. The molecule has 0 saturated heterocycles. The number of phenolic OH excluding ortho intramolecular Hbond substituents is 1. The molecule has 7 nitrogen and oxygen atoms in total. The molecule has 1 amide bonds. The van der Waals surface area contributed by atoms with Crippen molar-refractivity contribution in [1.82, 2.24) is 9.78 Å². The second-order valence-electron chi connectivity index (χ2n) is 6.66. The molecule has 1 aromatic carbocycles. The van der Waals surface area contributed by atoms with E-state index in [9.17, 15) is 14.7 Å². The lowest BCUT2D eigenvalue weighted by molar-refractivity contribution is -0.146. The van der Waals surface area contributed by atoms with Gasteiger partial charge in [0.05, 0.1) is 12.1 Å². The summed E-state index contributed by atoms with van der Waals surface area (Å²) in [5.74, 6) is -0.344. The van der Waals surface area contributed by atoms with Crippen LogP contribution in [0, 0.1) is 19.8 Å². The van der Waals surface area contributed by atoms with Gasteiger partial charge in [-0.25, -0.2) is 0 Å². The standard InChI is InChI=1S/C19H25N3O4/c1-12(2)10-22-14(4)17(13(3)21-22)9-19(25)26-11-18(24)20-15-5-7-16(23)8-6-15/h5-8,12,23H,9-11H2,1-4H3,(H,20,24). The zero-order valence-corrected chi connectivity index (χ0v) is 15.6.